The number of aliphatic hydroxyl groups is 2. The molecule has 3 saturated heterocycles. The van der Waals surface area contributed by atoms with Crippen molar-refractivity contribution in [1.29, 1.82) is 0 Å². The lowest BCUT2D eigenvalue weighted by molar-refractivity contribution is -0.236. The summed E-state index contributed by atoms with van der Waals surface area (Å²) in [4.78, 5) is 80.3. The molecule has 0 radical (unpaired) electrons. The predicted octanol–water partition coefficient (Wildman–Crippen LogP) is -4.05. The number of aromatic amines is 2. The number of phosphoric acid groups is 2. The number of aliphatic carboxylic acids is 1. The van der Waals surface area contributed by atoms with E-state index in [4.69, 9.17) is 39.0 Å². The summed E-state index contributed by atoms with van der Waals surface area (Å²) in [6, 6.07) is 0. The van der Waals surface area contributed by atoms with E-state index in [0.29, 0.717) is 0 Å². The summed E-state index contributed by atoms with van der Waals surface area (Å²) in [5, 5.41) is 31.9. The number of anilines is 2. The smallest absolute Gasteiger partial charge is 0.472 e. The van der Waals surface area contributed by atoms with E-state index in [1.807, 2.05) is 0 Å². The largest absolute Gasteiger partial charge is 0.756 e. The number of fused-ring (bicyclic) bond motifs is 4. The summed E-state index contributed by atoms with van der Waals surface area (Å²) < 4.78 is 60.1. The SMILES string of the molecule is Nc1nc2c(ncn2[C@@H]2O[C@@H]3COP(=O)([O-])O[C@H]4[C@@H](O)[C@H](n5c(CC(=O)O)nc6c(=O)[nH]c(N)nc65)O[C@@H]4COP(=O)(O)O[C@H]3[C@H]2O)c(=O)[nH]1. The van der Waals surface area contributed by atoms with E-state index in [1.165, 1.54) is 0 Å². The lowest BCUT2D eigenvalue weighted by Gasteiger charge is -2.32. The molecule has 3 aliphatic heterocycles. The van der Waals surface area contributed by atoms with Crippen molar-refractivity contribution in [2.45, 2.75) is 55.5 Å². The molecule has 28 heteroatoms. The molecule has 0 aromatic carbocycles. The number of aliphatic hydroxyl groups excluding tert-OH is 2. The number of carbonyl (C=O) groups is 1. The summed E-state index contributed by atoms with van der Waals surface area (Å²) in [7, 11) is -10.7. The van der Waals surface area contributed by atoms with E-state index in [9.17, 15) is 48.6 Å². The number of nitrogens with one attached hydrogen (secondary N) is 2. The van der Waals surface area contributed by atoms with Crippen molar-refractivity contribution in [1.82, 2.24) is 39.0 Å². The Hall–Kier alpha value is -4.17. The molecule has 4 aromatic rings. The number of nitrogens with two attached hydrogens (primary N) is 2. The lowest BCUT2D eigenvalue weighted by Crippen LogP contribution is -2.40. The third-order valence-corrected chi connectivity index (χ3v) is 9.81. The fourth-order valence-corrected chi connectivity index (χ4v) is 7.72. The average molecular weight is 747 g/mol. The molecule has 10 N–H and O–H groups in total. The molecule has 2 unspecified atom stereocenters. The van der Waals surface area contributed by atoms with Gasteiger partial charge in [-0.2, -0.15) is 9.97 Å². The molecule has 10 atom stereocenters. The molecule has 26 nitrogen and oxygen atoms in total. The maximum absolute atomic E-state index is 13.2. The van der Waals surface area contributed by atoms with Crippen molar-refractivity contribution in [3.8, 4) is 0 Å². The molecule has 0 aliphatic carbocycles. The molecule has 0 bridgehead atoms. The molecular formula is C22H25N10O16P2-. The second-order valence-corrected chi connectivity index (χ2v) is 13.9. The van der Waals surface area contributed by atoms with Gasteiger partial charge in [0.25, 0.3) is 18.9 Å². The second kappa shape index (κ2) is 12.3. The molecule has 50 heavy (non-hydrogen) atoms. The van der Waals surface area contributed by atoms with Gasteiger partial charge in [-0.3, -0.25) is 47.1 Å². The molecule has 3 aliphatic rings. The molecular weight excluding hydrogens is 722 g/mol. The summed E-state index contributed by atoms with van der Waals surface area (Å²) in [6.45, 7) is -2.01. The summed E-state index contributed by atoms with van der Waals surface area (Å²) in [5.74, 6) is -2.54. The van der Waals surface area contributed by atoms with Crippen molar-refractivity contribution < 1.29 is 66.6 Å². The Kier molecular flexibility index (Phi) is 8.40. The highest BCUT2D eigenvalue weighted by molar-refractivity contribution is 7.47. The molecule has 270 valence electrons. The van der Waals surface area contributed by atoms with Crippen LogP contribution in [0.3, 0.4) is 0 Å². The van der Waals surface area contributed by atoms with Gasteiger partial charge in [-0.05, 0) is 0 Å². The maximum Gasteiger partial charge on any atom is 0.472 e. The Bertz CT molecular complexity index is 2220. The van der Waals surface area contributed by atoms with Crippen LogP contribution in [-0.4, -0.2) is 115 Å². The molecule has 7 heterocycles. The first-order chi connectivity index (χ1) is 23.5. The molecule has 0 amide bonds. The Labute approximate surface area is 274 Å². The number of carboxylic acid groups (broad SMARTS) is 1. The maximum atomic E-state index is 13.2. The van der Waals surface area contributed by atoms with Crippen LogP contribution >= 0.6 is 15.6 Å². The third-order valence-electron chi connectivity index (χ3n) is 7.85. The monoisotopic (exact) mass is 747 g/mol. The average Bonchev–Trinajstić information content (AvgIpc) is 3.74. The molecule has 0 spiro atoms. The normalized spacial score (nSPS) is 35.0. The highest BCUT2D eigenvalue weighted by atomic mass is 31.2. The lowest BCUT2D eigenvalue weighted by atomic mass is 10.1. The molecule has 7 rings (SSSR count). The summed E-state index contributed by atoms with van der Waals surface area (Å²) >= 11 is 0. The zero-order chi connectivity index (χ0) is 35.9. The van der Waals surface area contributed by atoms with E-state index in [-0.39, 0.29) is 28.6 Å². The molecule has 4 aromatic heterocycles. The number of imidazole rings is 2. The van der Waals surface area contributed by atoms with E-state index in [0.717, 1.165) is 15.5 Å². The van der Waals surface area contributed by atoms with E-state index in [2.05, 4.69) is 29.9 Å². The van der Waals surface area contributed by atoms with Gasteiger partial charge in [0, 0.05) is 0 Å². The number of ether oxygens (including phenoxy) is 2. The van der Waals surface area contributed by atoms with Crippen LogP contribution in [0.4, 0.5) is 11.9 Å². The number of nitrogen functional groups attached to an aromatic ring is 2. The quantitative estimate of drug-likeness (QED) is 0.0921. The van der Waals surface area contributed by atoms with Crippen LogP contribution in [0.15, 0.2) is 15.9 Å². The van der Waals surface area contributed by atoms with Crippen LogP contribution in [0.25, 0.3) is 22.3 Å². The first-order valence-corrected chi connectivity index (χ1v) is 17.1. The highest BCUT2D eigenvalue weighted by Gasteiger charge is 2.53. The zero-order valence-electron chi connectivity index (χ0n) is 24.7. The van der Waals surface area contributed by atoms with Gasteiger partial charge in [-0.15, -0.1) is 0 Å². The van der Waals surface area contributed by atoms with Gasteiger partial charge in [0.2, 0.25) is 11.9 Å². The third kappa shape index (κ3) is 6.10. The number of rotatable bonds is 4. The van der Waals surface area contributed by atoms with Gasteiger partial charge in [0.1, 0.15) is 48.9 Å². The molecule has 3 fully saturated rings. The zero-order valence-corrected chi connectivity index (χ0v) is 26.5. The number of hydrogen-bond acceptors (Lipinski definition) is 20. The minimum Gasteiger partial charge on any atom is -0.756 e. The minimum atomic E-state index is -5.48. The van der Waals surface area contributed by atoms with Crippen molar-refractivity contribution in [3.63, 3.8) is 0 Å². The predicted molar refractivity (Wildman–Crippen MR) is 155 cm³/mol. The van der Waals surface area contributed by atoms with Crippen molar-refractivity contribution in [3.05, 3.63) is 32.9 Å². The number of phosphoric ester groups is 2. The van der Waals surface area contributed by atoms with Crippen LogP contribution in [0.1, 0.15) is 18.3 Å². The van der Waals surface area contributed by atoms with Gasteiger partial charge < -0.3 is 55.1 Å². The Balaban J connectivity index is 1.20. The van der Waals surface area contributed by atoms with E-state index >= 15 is 0 Å². The van der Waals surface area contributed by atoms with Gasteiger partial charge in [0.05, 0.1) is 19.5 Å². The van der Waals surface area contributed by atoms with Crippen LogP contribution < -0.4 is 27.5 Å². The van der Waals surface area contributed by atoms with Crippen molar-refractivity contribution >= 4 is 55.8 Å². The van der Waals surface area contributed by atoms with Crippen LogP contribution in [-0.2, 0) is 47.9 Å². The Morgan fingerprint density at radius 2 is 1.50 bits per heavy atom. The Morgan fingerprint density at radius 3 is 2.18 bits per heavy atom. The summed E-state index contributed by atoms with van der Waals surface area (Å²) in [5.41, 5.74) is 8.54. The topological polar surface area (TPSA) is 390 Å². The standard InChI is InChI=1S/C22H26N10O16P2/c23-21-27-15-9(17(37)29-21)25-4-31(15)19-11(35)13-5(45-19)2-43-50(41,42)48-14-6(3-44-49(39,40)47-13)46-20(12(14)36)32-7(1-8(33)34)26-10-16(32)28-22(24)30-18(10)38/h4-6,11-14,19-20,35-36H,1-3H2,(H,33,34)(H,39,40)(H,41,42)(H3,23,27,29,37)(H3,24,28,30,38)/p-1/t5-,6-,11-,12-,13-,14-,19-,20-/m1/s1. The first-order valence-electron chi connectivity index (χ1n) is 14.2. The van der Waals surface area contributed by atoms with E-state index < -0.39 is 113 Å². The van der Waals surface area contributed by atoms with E-state index in [1.54, 1.807) is 0 Å². The van der Waals surface area contributed by atoms with Crippen LogP contribution in [0, 0.1) is 0 Å². The second-order valence-electron chi connectivity index (χ2n) is 11.1. The van der Waals surface area contributed by atoms with Gasteiger partial charge in [0.15, 0.2) is 34.8 Å². The van der Waals surface area contributed by atoms with Gasteiger partial charge >= 0.3 is 13.8 Å². The highest BCUT2D eigenvalue weighted by Crippen LogP contribution is 2.52. The van der Waals surface area contributed by atoms with Gasteiger partial charge in [-0.1, -0.05) is 0 Å². The van der Waals surface area contributed by atoms with Crippen LogP contribution in [0.5, 0.6) is 0 Å². The summed E-state index contributed by atoms with van der Waals surface area (Å²) in [6.07, 6.45) is -14.1. The molecule has 0 saturated carbocycles. The van der Waals surface area contributed by atoms with Crippen molar-refractivity contribution in [2.24, 2.45) is 0 Å². The fraction of sp³-hybridized carbons (Fsp3) is 0.500. The van der Waals surface area contributed by atoms with Crippen molar-refractivity contribution in [2.75, 3.05) is 24.7 Å². The number of carboxylic acids is 1. The Morgan fingerprint density at radius 1 is 0.920 bits per heavy atom. The fourth-order valence-electron chi connectivity index (χ4n) is 5.81. The number of aromatic nitrogens is 8. The minimum absolute atomic E-state index is 0.164. The number of H-pyrrole nitrogens is 2. The van der Waals surface area contributed by atoms with Crippen LogP contribution in [0.2, 0.25) is 0 Å². The number of nitrogens with zero attached hydrogens (tertiary/aromatic N) is 6. The first kappa shape index (κ1) is 34.3. The van der Waals surface area contributed by atoms with Gasteiger partial charge in [-0.25, -0.2) is 14.5 Å². The number of hydrogen-bond donors (Lipinski definition) is 8.